The quantitative estimate of drug-likeness (QED) is 0.273. The van der Waals surface area contributed by atoms with E-state index < -0.39 is 12.1 Å². The van der Waals surface area contributed by atoms with Gasteiger partial charge >= 0.3 is 11.9 Å². The lowest BCUT2D eigenvalue weighted by Gasteiger charge is -2.15. The van der Waals surface area contributed by atoms with Crippen LogP contribution in [-0.4, -0.2) is 36.4 Å². The van der Waals surface area contributed by atoms with E-state index in [-0.39, 0.29) is 19.2 Å². The van der Waals surface area contributed by atoms with Gasteiger partial charge in [0, 0.05) is 13.3 Å². The first-order valence-corrected chi connectivity index (χ1v) is 10.5. The van der Waals surface area contributed by atoms with E-state index in [2.05, 4.69) is 6.92 Å². The number of aliphatic hydroxyl groups is 1. The SMILES string of the molecule is CCCCCCCCCCCCCCCC(=O)O[C@@H](CO)COC(C)=O. The predicted molar refractivity (Wildman–Crippen MR) is 104 cm³/mol. The van der Waals surface area contributed by atoms with Crippen molar-refractivity contribution >= 4 is 11.9 Å². The summed E-state index contributed by atoms with van der Waals surface area (Å²) in [6.07, 6.45) is 16.0. The van der Waals surface area contributed by atoms with Crippen LogP contribution < -0.4 is 0 Å². The van der Waals surface area contributed by atoms with Crippen LogP contribution in [0.15, 0.2) is 0 Å². The summed E-state index contributed by atoms with van der Waals surface area (Å²) in [7, 11) is 0. The van der Waals surface area contributed by atoms with E-state index in [4.69, 9.17) is 14.6 Å². The van der Waals surface area contributed by atoms with Crippen molar-refractivity contribution in [3.63, 3.8) is 0 Å². The molecule has 1 N–H and O–H groups in total. The van der Waals surface area contributed by atoms with Gasteiger partial charge in [0.15, 0.2) is 6.10 Å². The Balaban J connectivity index is 3.38. The molecule has 0 aromatic rings. The van der Waals surface area contributed by atoms with E-state index >= 15 is 0 Å². The zero-order chi connectivity index (χ0) is 19.5. The van der Waals surface area contributed by atoms with Gasteiger partial charge < -0.3 is 14.6 Å². The zero-order valence-corrected chi connectivity index (χ0v) is 17.0. The molecule has 5 nitrogen and oxygen atoms in total. The van der Waals surface area contributed by atoms with Crippen molar-refractivity contribution in [1.82, 2.24) is 0 Å². The van der Waals surface area contributed by atoms with E-state index in [9.17, 15) is 9.59 Å². The Kier molecular flexibility index (Phi) is 17.9. The van der Waals surface area contributed by atoms with Crippen molar-refractivity contribution in [1.29, 1.82) is 0 Å². The van der Waals surface area contributed by atoms with Crippen LogP contribution in [0, 0.1) is 0 Å². The minimum absolute atomic E-state index is 0.0871. The van der Waals surface area contributed by atoms with Crippen molar-refractivity contribution in [2.45, 2.75) is 110 Å². The molecule has 5 heteroatoms. The van der Waals surface area contributed by atoms with E-state index in [1.54, 1.807) is 0 Å². The fourth-order valence-electron chi connectivity index (χ4n) is 2.87. The Bertz CT molecular complexity index is 343. The third kappa shape index (κ3) is 17.7. The van der Waals surface area contributed by atoms with Gasteiger partial charge in [-0.2, -0.15) is 0 Å². The number of carbonyl (C=O) groups excluding carboxylic acids is 2. The third-order valence-corrected chi connectivity index (χ3v) is 4.46. The maximum Gasteiger partial charge on any atom is 0.306 e. The van der Waals surface area contributed by atoms with Gasteiger partial charge in [0.25, 0.3) is 0 Å². The molecular weight excluding hydrogens is 332 g/mol. The van der Waals surface area contributed by atoms with Gasteiger partial charge in [0.1, 0.15) is 6.61 Å². The Morgan fingerprint density at radius 2 is 1.27 bits per heavy atom. The summed E-state index contributed by atoms with van der Waals surface area (Å²) in [5, 5.41) is 9.10. The Hall–Kier alpha value is -1.10. The number of ether oxygens (including phenoxy) is 2. The van der Waals surface area contributed by atoms with Crippen LogP contribution in [0.2, 0.25) is 0 Å². The second-order valence-electron chi connectivity index (χ2n) is 7.09. The molecule has 0 amide bonds. The molecule has 0 rings (SSSR count). The molecule has 26 heavy (non-hydrogen) atoms. The number of rotatable bonds is 18. The Morgan fingerprint density at radius 3 is 1.69 bits per heavy atom. The van der Waals surface area contributed by atoms with Crippen LogP contribution in [0.1, 0.15) is 104 Å². The highest BCUT2D eigenvalue weighted by atomic mass is 16.6. The molecule has 0 spiro atoms. The molecule has 154 valence electrons. The highest BCUT2D eigenvalue weighted by molar-refractivity contribution is 5.69. The highest BCUT2D eigenvalue weighted by Gasteiger charge is 2.14. The van der Waals surface area contributed by atoms with E-state index in [0.29, 0.717) is 6.42 Å². The van der Waals surface area contributed by atoms with E-state index in [1.165, 1.54) is 71.1 Å². The Labute approximate surface area is 159 Å². The number of unbranched alkanes of at least 4 members (excludes halogenated alkanes) is 12. The molecule has 0 aliphatic rings. The largest absolute Gasteiger partial charge is 0.462 e. The highest BCUT2D eigenvalue weighted by Crippen LogP contribution is 2.13. The second kappa shape index (κ2) is 18.7. The molecule has 0 unspecified atom stereocenters. The first-order valence-electron chi connectivity index (χ1n) is 10.5. The summed E-state index contributed by atoms with van der Waals surface area (Å²) in [6.45, 7) is 3.11. The van der Waals surface area contributed by atoms with Gasteiger partial charge in [-0.05, 0) is 6.42 Å². The van der Waals surface area contributed by atoms with Gasteiger partial charge in [-0.25, -0.2) is 0 Å². The van der Waals surface area contributed by atoms with Crippen LogP contribution in [0.5, 0.6) is 0 Å². The minimum Gasteiger partial charge on any atom is -0.462 e. The number of carbonyl (C=O) groups is 2. The van der Waals surface area contributed by atoms with Crippen LogP contribution in [0.4, 0.5) is 0 Å². The Morgan fingerprint density at radius 1 is 0.808 bits per heavy atom. The number of hydrogen-bond donors (Lipinski definition) is 1. The topological polar surface area (TPSA) is 72.8 Å². The van der Waals surface area contributed by atoms with Gasteiger partial charge in [-0.1, -0.05) is 84.0 Å². The van der Waals surface area contributed by atoms with Gasteiger partial charge in [0.05, 0.1) is 6.61 Å². The van der Waals surface area contributed by atoms with Crippen LogP contribution >= 0.6 is 0 Å². The summed E-state index contributed by atoms with van der Waals surface area (Å²) in [4.78, 5) is 22.4. The summed E-state index contributed by atoms with van der Waals surface area (Å²) in [6, 6.07) is 0. The average molecular weight is 373 g/mol. The lowest BCUT2D eigenvalue weighted by atomic mass is 10.0. The zero-order valence-electron chi connectivity index (χ0n) is 17.0. The van der Waals surface area contributed by atoms with Gasteiger partial charge in [-0.3, -0.25) is 9.59 Å². The third-order valence-electron chi connectivity index (χ3n) is 4.46. The van der Waals surface area contributed by atoms with Crippen molar-refractivity contribution in [2.75, 3.05) is 13.2 Å². The molecule has 1 atom stereocenters. The van der Waals surface area contributed by atoms with Gasteiger partial charge in [0.2, 0.25) is 0 Å². The lowest BCUT2D eigenvalue weighted by Crippen LogP contribution is -2.28. The predicted octanol–water partition coefficient (Wildman–Crippen LogP) is 4.93. The normalized spacial score (nSPS) is 12.0. The van der Waals surface area contributed by atoms with Crippen LogP contribution in [-0.2, 0) is 19.1 Å². The van der Waals surface area contributed by atoms with Crippen LogP contribution in [0.3, 0.4) is 0 Å². The number of hydrogen-bond acceptors (Lipinski definition) is 5. The van der Waals surface area contributed by atoms with Crippen molar-refractivity contribution < 1.29 is 24.2 Å². The molecule has 0 heterocycles. The monoisotopic (exact) mass is 372 g/mol. The fourth-order valence-corrected chi connectivity index (χ4v) is 2.87. The molecule has 0 bridgehead atoms. The van der Waals surface area contributed by atoms with E-state index in [1.807, 2.05) is 0 Å². The molecule has 0 aromatic carbocycles. The number of aliphatic hydroxyl groups excluding tert-OH is 1. The lowest BCUT2D eigenvalue weighted by molar-refractivity contribution is -0.160. The number of esters is 2. The molecule has 0 aromatic heterocycles. The molecule has 0 saturated carbocycles. The fraction of sp³-hybridized carbons (Fsp3) is 0.905. The minimum atomic E-state index is -0.756. The second-order valence-corrected chi connectivity index (χ2v) is 7.09. The summed E-state index contributed by atoms with van der Waals surface area (Å²) < 4.78 is 9.83. The van der Waals surface area contributed by atoms with Crippen molar-refractivity contribution in [3.05, 3.63) is 0 Å². The first kappa shape index (κ1) is 24.9. The summed E-state index contributed by atoms with van der Waals surface area (Å²) in [5.41, 5.74) is 0. The maximum atomic E-state index is 11.7. The molecular formula is C21H40O5. The van der Waals surface area contributed by atoms with Crippen molar-refractivity contribution in [2.24, 2.45) is 0 Å². The molecule has 0 saturated heterocycles. The smallest absolute Gasteiger partial charge is 0.306 e. The van der Waals surface area contributed by atoms with Crippen LogP contribution in [0.25, 0.3) is 0 Å². The summed E-state index contributed by atoms with van der Waals surface area (Å²) >= 11 is 0. The molecule has 0 aliphatic heterocycles. The van der Waals surface area contributed by atoms with E-state index in [0.717, 1.165) is 19.3 Å². The standard InChI is InChI=1S/C21H40O5/c1-3-4-5-6-7-8-9-10-11-12-13-14-15-16-21(24)26-20(17-22)18-25-19(2)23/h20,22H,3-18H2,1-2H3/t20-/m0/s1. The average Bonchev–Trinajstić information content (AvgIpc) is 2.62. The summed E-state index contributed by atoms with van der Waals surface area (Å²) in [5.74, 6) is -0.782. The van der Waals surface area contributed by atoms with Gasteiger partial charge in [-0.15, -0.1) is 0 Å². The van der Waals surface area contributed by atoms with Crippen molar-refractivity contribution in [3.8, 4) is 0 Å². The molecule has 0 radical (unpaired) electrons. The molecule has 0 aliphatic carbocycles. The first-order chi connectivity index (χ1) is 12.6. The molecule has 0 fully saturated rings. The maximum absolute atomic E-state index is 11.7.